The Morgan fingerprint density at radius 1 is 1.12 bits per heavy atom. The van der Waals surface area contributed by atoms with Gasteiger partial charge in [-0.3, -0.25) is 0 Å². The molecule has 0 aromatic heterocycles. The van der Waals surface area contributed by atoms with Gasteiger partial charge in [0, 0.05) is 13.7 Å². The molecular weight excluding hydrogens is 352 g/mol. The van der Waals surface area contributed by atoms with Crippen LogP contribution in [-0.2, 0) is 11.3 Å². The molecule has 1 aromatic carbocycles. The van der Waals surface area contributed by atoms with E-state index in [1.807, 2.05) is 12.1 Å². The zero-order chi connectivity index (χ0) is 12.7. The molecule has 0 unspecified atom stereocenters. The van der Waals surface area contributed by atoms with Crippen LogP contribution in [0.2, 0.25) is 0 Å². The van der Waals surface area contributed by atoms with E-state index in [0.717, 1.165) is 39.7 Å². The quantitative estimate of drug-likeness (QED) is 0.749. The van der Waals surface area contributed by atoms with E-state index >= 15 is 0 Å². The first kappa shape index (κ1) is 15.0. The molecule has 0 saturated carbocycles. The first-order chi connectivity index (χ1) is 8.19. The van der Waals surface area contributed by atoms with Crippen LogP contribution in [0.1, 0.15) is 18.4 Å². The van der Waals surface area contributed by atoms with Gasteiger partial charge in [0.1, 0.15) is 5.75 Å². The van der Waals surface area contributed by atoms with Gasteiger partial charge >= 0.3 is 0 Å². The minimum absolute atomic E-state index is 0.0192. The van der Waals surface area contributed by atoms with Crippen molar-refractivity contribution >= 4 is 31.9 Å². The van der Waals surface area contributed by atoms with Gasteiger partial charge in [0.05, 0.1) is 22.2 Å². The van der Waals surface area contributed by atoms with Crippen molar-refractivity contribution in [1.29, 1.82) is 0 Å². The molecule has 0 aliphatic carbocycles. The highest BCUT2D eigenvalue weighted by molar-refractivity contribution is 9.11. The summed E-state index contributed by atoms with van der Waals surface area (Å²) in [6.45, 7) is 1.43. The van der Waals surface area contributed by atoms with Gasteiger partial charge in [0.2, 0.25) is 0 Å². The molecule has 0 spiro atoms. The van der Waals surface area contributed by atoms with Crippen molar-refractivity contribution in [3.8, 4) is 5.75 Å². The topological polar surface area (TPSA) is 38.7 Å². The number of ether oxygens (including phenoxy) is 2. The third kappa shape index (κ3) is 4.95. The second kappa shape index (κ2) is 8.08. The van der Waals surface area contributed by atoms with E-state index in [2.05, 4.69) is 31.9 Å². The molecular formula is C12H16Br2O3. The van der Waals surface area contributed by atoms with Crippen molar-refractivity contribution in [3.63, 3.8) is 0 Å². The lowest BCUT2D eigenvalue weighted by molar-refractivity contribution is 0.184. The van der Waals surface area contributed by atoms with Crippen LogP contribution in [0.3, 0.4) is 0 Å². The third-order valence-electron chi connectivity index (χ3n) is 2.23. The van der Waals surface area contributed by atoms with E-state index in [0.29, 0.717) is 6.61 Å². The van der Waals surface area contributed by atoms with Gasteiger partial charge in [0.15, 0.2) is 0 Å². The lowest BCUT2D eigenvalue weighted by Gasteiger charge is -2.11. The number of methoxy groups -OCH3 is 1. The normalized spacial score (nSPS) is 10.6. The van der Waals surface area contributed by atoms with Gasteiger partial charge in [-0.2, -0.15) is 0 Å². The zero-order valence-electron chi connectivity index (χ0n) is 9.71. The van der Waals surface area contributed by atoms with Crippen LogP contribution < -0.4 is 4.74 Å². The van der Waals surface area contributed by atoms with E-state index in [9.17, 15) is 0 Å². The maximum Gasteiger partial charge on any atom is 0.147 e. The van der Waals surface area contributed by atoms with Gasteiger partial charge in [-0.05, 0) is 62.4 Å². The maximum absolute atomic E-state index is 9.05. The zero-order valence-corrected chi connectivity index (χ0v) is 12.9. The summed E-state index contributed by atoms with van der Waals surface area (Å²) in [7, 11) is 1.70. The Kier molecular flexibility index (Phi) is 7.11. The molecule has 5 heteroatoms. The molecule has 0 bridgehead atoms. The van der Waals surface area contributed by atoms with Crippen LogP contribution in [0.5, 0.6) is 5.75 Å². The monoisotopic (exact) mass is 366 g/mol. The summed E-state index contributed by atoms with van der Waals surface area (Å²) < 4.78 is 12.4. The predicted octanol–water partition coefficient (Wildman–Crippen LogP) is 3.51. The Balaban J connectivity index is 2.53. The highest BCUT2D eigenvalue weighted by Gasteiger charge is 2.08. The Morgan fingerprint density at radius 2 is 1.71 bits per heavy atom. The van der Waals surface area contributed by atoms with Gasteiger partial charge in [-0.25, -0.2) is 0 Å². The fraction of sp³-hybridized carbons (Fsp3) is 0.500. The molecule has 1 aromatic rings. The van der Waals surface area contributed by atoms with E-state index < -0.39 is 0 Å². The number of rotatable bonds is 7. The minimum Gasteiger partial charge on any atom is -0.491 e. The predicted molar refractivity (Wildman–Crippen MR) is 74.4 cm³/mol. The molecule has 0 heterocycles. The highest BCUT2D eigenvalue weighted by atomic mass is 79.9. The van der Waals surface area contributed by atoms with Crippen molar-refractivity contribution in [2.24, 2.45) is 0 Å². The summed E-state index contributed by atoms with van der Waals surface area (Å²) in [6.07, 6.45) is 1.94. The Labute approximate surface area is 118 Å². The van der Waals surface area contributed by atoms with E-state index in [1.54, 1.807) is 7.11 Å². The molecule has 0 radical (unpaired) electrons. The first-order valence-corrected chi connectivity index (χ1v) is 6.98. The number of unbranched alkanes of at least 4 members (excludes halogenated alkanes) is 1. The van der Waals surface area contributed by atoms with Crippen LogP contribution >= 0.6 is 31.9 Å². The van der Waals surface area contributed by atoms with Gasteiger partial charge in [-0.15, -0.1) is 0 Å². The van der Waals surface area contributed by atoms with Crippen molar-refractivity contribution in [2.45, 2.75) is 19.4 Å². The Bertz CT molecular complexity index is 333. The number of aliphatic hydroxyl groups excluding tert-OH is 1. The average molecular weight is 368 g/mol. The van der Waals surface area contributed by atoms with Crippen LogP contribution in [0.25, 0.3) is 0 Å². The number of aliphatic hydroxyl groups is 1. The standard InChI is InChI=1S/C12H16Br2O3/c1-16-4-2-3-5-17-12-10(13)6-9(8-15)7-11(12)14/h6-7,15H,2-5,8H2,1H3. The molecule has 0 fully saturated rings. The molecule has 1 N–H and O–H groups in total. The molecule has 96 valence electrons. The molecule has 0 atom stereocenters. The molecule has 0 saturated heterocycles. The lowest BCUT2D eigenvalue weighted by atomic mass is 10.2. The van der Waals surface area contributed by atoms with Crippen molar-refractivity contribution in [1.82, 2.24) is 0 Å². The molecule has 3 nitrogen and oxygen atoms in total. The van der Waals surface area contributed by atoms with Gasteiger partial charge in [-0.1, -0.05) is 0 Å². The SMILES string of the molecule is COCCCCOc1c(Br)cc(CO)cc1Br. The maximum atomic E-state index is 9.05. The molecule has 0 aliphatic heterocycles. The van der Waals surface area contributed by atoms with E-state index in [4.69, 9.17) is 14.6 Å². The van der Waals surface area contributed by atoms with Crippen molar-refractivity contribution in [2.75, 3.05) is 20.3 Å². The second-order valence-corrected chi connectivity index (χ2v) is 5.30. The number of hydrogen-bond acceptors (Lipinski definition) is 3. The summed E-state index contributed by atoms with van der Waals surface area (Å²) in [4.78, 5) is 0. The fourth-order valence-electron chi connectivity index (χ4n) is 1.36. The second-order valence-electron chi connectivity index (χ2n) is 3.60. The van der Waals surface area contributed by atoms with Crippen molar-refractivity contribution in [3.05, 3.63) is 26.6 Å². The summed E-state index contributed by atoms with van der Waals surface area (Å²) in [5.74, 6) is 0.777. The Hall–Kier alpha value is -0.100. The molecule has 0 amide bonds. The summed E-state index contributed by atoms with van der Waals surface area (Å²) in [5, 5.41) is 9.05. The summed E-state index contributed by atoms with van der Waals surface area (Å²) in [6, 6.07) is 3.71. The summed E-state index contributed by atoms with van der Waals surface area (Å²) in [5.41, 5.74) is 0.843. The van der Waals surface area contributed by atoms with Crippen LogP contribution in [0.4, 0.5) is 0 Å². The lowest BCUT2D eigenvalue weighted by Crippen LogP contribution is -2.01. The number of halogens is 2. The van der Waals surface area contributed by atoms with E-state index in [1.165, 1.54) is 0 Å². The highest BCUT2D eigenvalue weighted by Crippen LogP contribution is 2.34. The molecule has 17 heavy (non-hydrogen) atoms. The van der Waals surface area contributed by atoms with Gasteiger partial charge in [0.25, 0.3) is 0 Å². The van der Waals surface area contributed by atoms with Crippen LogP contribution in [0, 0.1) is 0 Å². The summed E-state index contributed by atoms with van der Waals surface area (Å²) >= 11 is 6.86. The third-order valence-corrected chi connectivity index (χ3v) is 3.41. The van der Waals surface area contributed by atoms with E-state index in [-0.39, 0.29) is 6.61 Å². The Morgan fingerprint density at radius 3 is 2.24 bits per heavy atom. The average Bonchev–Trinajstić information content (AvgIpc) is 2.31. The van der Waals surface area contributed by atoms with Gasteiger partial charge < -0.3 is 14.6 Å². The smallest absolute Gasteiger partial charge is 0.147 e. The largest absolute Gasteiger partial charge is 0.491 e. The van der Waals surface area contributed by atoms with Crippen LogP contribution in [-0.4, -0.2) is 25.4 Å². The number of benzene rings is 1. The van der Waals surface area contributed by atoms with Crippen molar-refractivity contribution < 1.29 is 14.6 Å². The molecule has 0 aliphatic rings. The number of hydrogen-bond donors (Lipinski definition) is 1. The minimum atomic E-state index is 0.0192. The molecule has 1 rings (SSSR count). The van der Waals surface area contributed by atoms with Crippen LogP contribution in [0.15, 0.2) is 21.1 Å². The fourth-order valence-corrected chi connectivity index (χ4v) is 2.87. The first-order valence-electron chi connectivity index (χ1n) is 5.39.